The van der Waals surface area contributed by atoms with Gasteiger partial charge in [0, 0.05) is 21.2 Å². The molecule has 4 nitrogen and oxygen atoms in total. The van der Waals surface area contributed by atoms with Crippen molar-refractivity contribution in [2.24, 2.45) is 5.41 Å². The summed E-state index contributed by atoms with van der Waals surface area (Å²) in [6.45, 7) is 18.9. The van der Waals surface area contributed by atoms with Gasteiger partial charge < -0.3 is 14.8 Å². The van der Waals surface area contributed by atoms with Crippen LogP contribution in [0.15, 0.2) is 0 Å². The summed E-state index contributed by atoms with van der Waals surface area (Å²) < 4.78 is 10.6. The van der Waals surface area contributed by atoms with Crippen LogP contribution in [0.25, 0.3) is 0 Å². The van der Waals surface area contributed by atoms with Gasteiger partial charge in [-0.15, -0.1) is 0 Å². The van der Waals surface area contributed by atoms with E-state index in [0.29, 0.717) is 33.0 Å². The summed E-state index contributed by atoms with van der Waals surface area (Å²) in [6, 6.07) is 0. The molecule has 0 fully saturated rings. The van der Waals surface area contributed by atoms with Gasteiger partial charge in [-0.25, -0.2) is 0 Å². The quantitative estimate of drug-likeness (QED) is 0.613. The molecular weight excluding hydrogens is 266 g/mol. The Bertz CT molecular complexity index is 216. The third kappa shape index (κ3) is 14.1. The zero-order chi connectivity index (χ0) is 17.1. The van der Waals surface area contributed by atoms with Crippen molar-refractivity contribution in [3.8, 4) is 0 Å². The number of carbonyl (C=O) groups is 1. The number of hydrogen-bond acceptors (Lipinski definition) is 3. The molecule has 0 radical (unpaired) electrons. The Morgan fingerprint density at radius 2 is 1.57 bits per heavy atom. The van der Waals surface area contributed by atoms with Crippen molar-refractivity contribution in [3.05, 3.63) is 0 Å². The standard InChI is InChI=1S/C13H27NO3.2C2H6.H2/c1-5-8-13(4,11-17-7-3)12(15)14-9-10-16-6-2;2*1-2;/h5-11H2,1-4H3,(H,14,15);2*1-2H3;1H. The maximum Gasteiger partial charge on any atom is 0.228 e. The highest BCUT2D eigenvalue weighted by molar-refractivity contribution is 5.82. The zero-order valence-corrected chi connectivity index (χ0v) is 15.7. The lowest BCUT2D eigenvalue weighted by molar-refractivity contribution is -0.134. The van der Waals surface area contributed by atoms with E-state index in [9.17, 15) is 4.79 Å². The molecule has 0 rings (SSSR count). The lowest BCUT2D eigenvalue weighted by Crippen LogP contribution is -2.43. The Hall–Kier alpha value is -0.610. The van der Waals surface area contributed by atoms with E-state index in [2.05, 4.69) is 12.2 Å². The summed E-state index contributed by atoms with van der Waals surface area (Å²) >= 11 is 0. The van der Waals surface area contributed by atoms with Crippen molar-refractivity contribution in [2.45, 2.75) is 68.2 Å². The molecule has 0 bridgehead atoms. The molecule has 0 aliphatic rings. The Morgan fingerprint density at radius 1 is 1.05 bits per heavy atom. The monoisotopic (exact) mass is 307 g/mol. The molecule has 1 N–H and O–H groups in total. The Kier molecular flexibility index (Phi) is 23.4. The van der Waals surface area contributed by atoms with E-state index in [4.69, 9.17) is 9.47 Å². The molecule has 0 aromatic carbocycles. The van der Waals surface area contributed by atoms with Crippen LogP contribution in [-0.2, 0) is 14.3 Å². The fourth-order valence-corrected chi connectivity index (χ4v) is 1.72. The highest BCUT2D eigenvalue weighted by Gasteiger charge is 2.32. The number of carbonyl (C=O) groups excluding carboxylic acids is 1. The van der Waals surface area contributed by atoms with Crippen LogP contribution in [0.2, 0.25) is 0 Å². The summed E-state index contributed by atoms with van der Waals surface area (Å²) in [5.41, 5.74) is -0.420. The van der Waals surface area contributed by atoms with Crippen LogP contribution in [0, 0.1) is 5.41 Å². The summed E-state index contributed by atoms with van der Waals surface area (Å²) in [4.78, 5) is 12.1. The summed E-state index contributed by atoms with van der Waals surface area (Å²) in [5.74, 6) is 0.0625. The summed E-state index contributed by atoms with van der Waals surface area (Å²) in [6.07, 6.45) is 1.82. The fourth-order valence-electron chi connectivity index (χ4n) is 1.72. The van der Waals surface area contributed by atoms with Gasteiger partial charge >= 0.3 is 0 Å². The lowest BCUT2D eigenvalue weighted by Gasteiger charge is -2.27. The first-order valence-corrected chi connectivity index (χ1v) is 8.54. The molecule has 0 aliphatic heterocycles. The van der Waals surface area contributed by atoms with Crippen LogP contribution < -0.4 is 5.32 Å². The normalized spacial score (nSPS) is 12.2. The van der Waals surface area contributed by atoms with Gasteiger partial charge in [0.15, 0.2) is 0 Å². The first-order chi connectivity index (χ1) is 10.1. The van der Waals surface area contributed by atoms with Gasteiger partial charge in [-0.1, -0.05) is 41.0 Å². The molecule has 0 saturated carbocycles. The topological polar surface area (TPSA) is 47.6 Å². The summed E-state index contributed by atoms with van der Waals surface area (Å²) in [5, 5.41) is 2.91. The Labute approximate surface area is 134 Å². The van der Waals surface area contributed by atoms with Gasteiger partial charge in [-0.05, 0) is 27.2 Å². The van der Waals surface area contributed by atoms with Gasteiger partial charge in [-0.3, -0.25) is 4.79 Å². The van der Waals surface area contributed by atoms with Crippen molar-refractivity contribution in [1.29, 1.82) is 0 Å². The smallest absolute Gasteiger partial charge is 0.228 e. The lowest BCUT2D eigenvalue weighted by atomic mass is 9.85. The molecule has 1 atom stereocenters. The third-order valence-electron chi connectivity index (χ3n) is 2.71. The number of amides is 1. The van der Waals surface area contributed by atoms with Crippen LogP contribution in [0.1, 0.15) is 69.7 Å². The predicted octanol–water partition coefficient (Wildman–Crippen LogP) is 4.28. The maximum atomic E-state index is 12.1. The van der Waals surface area contributed by atoms with Crippen LogP contribution in [0.4, 0.5) is 0 Å². The van der Waals surface area contributed by atoms with Crippen molar-refractivity contribution >= 4 is 5.91 Å². The molecule has 1 amide bonds. The van der Waals surface area contributed by atoms with Crippen molar-refractivity contribution in [2.75, 3.05) is 33.0 Å². The first-order valence-electron chi connectivity index (χ1n) is 8.54. The Morgan fingerprint density at radius 3 is 2.00 bits per heavy atom. The zero-order valence-electron chi connectivity index (χ0n) is 15.7. The number of hydrogen-bond donors (Lipinski definition) is 1. The fraction of sp³-hybridized carbons (Fsp3) is 0.941. The molecular formula is C17H41NO3. The number of rotatable bonds is 10. The molecule has 1 unspecified atom stereocenters. The van der Waals surface area contributed by atoms with Crippen LogP contribution in [-0.4, -0.2) is 38.9 Å². The second kappa shape index (κ2) is 19.4. The third-order valence-corrected chi connectivity index (χ3v) is 2.71. The van der Waals surface area contributed by atoms with E-state index in [-0.39, 0.29) is 7.33 Å². The highest BCUT2D eigenvalue weighted by Crippen LogP contribution is 2.24. The van der Waals surface area contributed by atoms with Gasteiger partial charge in [0.25, 0.3) is 0 Å². The number of nitrogens with one attached hydrogen (secondary N) is 1. The molecule has 0 saturated heterocycles. The SMILES string of the molecule is CC.CC.CCCC(C)(COCC)C(=O)NCCOCC.[HH]. The van der Waals surface area contributed by atoms with Gasteiger partial charge in [-0.2, -0.15) is 0 Å². The average Bonchev–Trinajstić information content (AvgIpc) is 2.53. The van der Waals surface area contributed by atoms with Crippen molar-refractivity contribution in [3.63, 3.8) is 0 Å². The molecule has 0 aromatic rings. The average molecular weight is 308 g/mol. The second-order valence-electron chi connectivity index (χ2n) is 4.40. The van der Waals surface area contributed by atoms with Gasteiger partial charge in [0.1, 0.15) is 0 Å². The van der Waals surface area contributed by atoms with Crippen molar-refractivity contribution < 1.29 is 15.7 Å². The number of ether oxygens (including phenoxy) is 2. The molecule has 0 aromatic heterocycles. The summed E-state index contributed by atoms with van der Waals surface area (Å²) in [7, 11) is 0. The second-order valence-corrected chi connectivity index (χ2v) is 4.40. The van der Waals surface area contributed by atoms with E-state index in [1.165, 1.54) is 0 Å². The molecule has 0 aliphatic carbocycles. The van der Waals surface area contributed by atoms with Gasteiger partial charge in [0.05, 0.1) is 18.6 Å². The van der Waals surface area contributed by atoms with Crippen LogP contribution in [0.3, 0.4) is 0 Å². The Balaban J connectivity index is -0.000000297. The molecule has 4 heteroatoms. The van der Waals surface area contributed by atoms with Crippen LogP contribution >= 0.6 is 0 Å². The highest BCUT2D eigenvalue weighted by atomic mass is 16.5. The largest absolute Gasteiger partial charge is 0.381 e. The predicted molar refractivity (Wildman–Crippen MR) is 93.8 cm³/mol. The van der Waals surface area contributed by atoms with E-state index in [1.54, 1.807) is 0 Å². The minimum Gasteiger partial charge on any atom is -0.381 e. The molecule has 21 heavy (non-hydrogen) atoms. The minimum absolute atomic E-state index is 0. The molecule has 0 heterocycles. The van der Waals surface area contributed by atoms with E-state index >= 15 is 0 Å². The van der Waals surface area contributed by atoms with E-state index in [1.807, 2.05) is 48.5 Å². The van der Waals surface area contributed by atoms with E-state index < -0.39 is 5.41 Å². The first kappa shape index (κ1) is 25.3. The van der Waals surface area contributed by atoms with Gasteiger partial charge in [0.2, 0.25) is 5.91 Å². The molecule has 132 valence electrons. The van der Waals surface area contributed by atoms with E-state index in [0.717, 1.165) is 12.8 Å². The maximum absolute atomic E-state index is 12.1. The molecule has 0 spiro atoms. The van der Waals surface area contributed by atoms with Crippen LogP contribution in [0.5, 0.6) is 0 Å². The van der Waals surface area contributed by atoms with Crippen molar-refractivity contribution in [1.82, 2.24) is 5.32 Å². The minimum atomic E-state index is -0.420.